The summed E-state index contributed by atoms with van der Waals surface area (Å²) in [6.07, 6.45) is 4.27. The molecule has 6 heteroatoms. The van der Waals surface area contributed by atoms with Gasteiger partial charge in [0.1, 0.15) is 12.4 Å². The maximum atomic E-state index is 11.4. The van der Waals surface area contributed by atoms with Crippen LogP contribution in [0.5, 0.6) is 0 Å². The molecule has 0 aliphatic rings. The normalized spacial score (nSPS) is 10.1. The third-order valence-electron chi connectivity index (χ3n) is 2.00. The third kappa shape index (κ3) is 5.72. The molecule has 0 aliphatic carbocycles. The predicted molar refractivity (Wildman–Crippen MR) is 65.3 cm³/mol. The molecule has 0 radical (unpaired) electrons. The van der Waals surface area contributed by atoms with Gasteiger partial charge in [-0.1, -0.05) is 6.08 Å². The molecule has 1 aromatic heterocycles. The van der Waals surface area contributed by atoms with E-state index in [0.717, 1.165) is 6.42 Å². The van der Waals surface area contributed by atoms with E-state index in [2.05, 4.69) is 17.0 Å². The molecule has 1 rings (SSSR count). The number of nitrogen functional groups attached to an aromatic ring is 1. The van der Waals surface area contributed by atoms with Crippen molar-refractivity contribution in [3.05, 3.63) is 24.9 Å². The molecule has 0 saturated carbocycles. The Morgan fingerprint density at radius 2 is 2.47 bits per heavy atom. The Hall–Kier alpha value is -1.82. The summed E-state index contributed by atoms with van der Waals surface area (Å²) in [4.78, 5) is 11.4. The number of nitrogens with zero attached hydrogens (tertiary/aromatic N) is 2. The highest BCUT2D eigenvalue weighted by Gasteiger charge is 2.02. The molecule has 0 spiro atoms. The largest absolute Gasteiger partial charge is 0.382 e. The average Bonchev–Trinajstić information content (AvgIpc) is 2.69. The minimum absolute atomic E-state index is 0.111. The molecule has 94 valence electrons. The van der Waals surface area contributed by atoms with Crippen LogP contribution >= 0.6 is 0 Å². The molecule has 17 heavy (non-hydrogen) atoms. The van der Waals surface area contributed by atoms with Gasteiger partial charge in [0.15, 0.2) is 0 Å². The third-order valence-corrected chi connectivity index (χ3v) is 2.00. The molecule has 1 amide bonds. The molecule has 0 unspecified atom stereocenters. The van der Waals surface area contributed by atoms with Gasteiger partial charge in [-0.3, -0.25) is 9.48 Å². The van der Waals surface area contributed by atoms with Gasteiger partial charge in [0.25, 0.3) is 0 Å². The van der Waals surface area contributed by atoms with Crippen LogP contribution in [0.3, 0.4) is 0 Å². The highest BCUT2D eigenvalue weighted by atomic mass is 16.5. The standard InChI is InChI=1S/C11H18N4O2/c1-2-3-7-17-8-5-13-11(16)9-15-6-4-10(12)14-15/h2,4,6H,1,3,5,7-9H2,(H2,12,14)(H,13,16). The van der Waals surface area contributed by atoms with Gasteiger partial charge in [-0.2, -0.15) is 5.10 Å². The van der Waals surface area contributed by atoms with Crippen LogP contribution in [0.1, 0.15) is 6.42 Å². The van der Waals surface area contributed by atoms with Crippen molar-refractivity contribution in [3.63, 3.8) is 0 Å². The van der Waals surface area contributed by atoms with Crippen molar-refractivity contribution in [2.24, 2.45) is 0 Å². The van der Waals surface area contributed by atoms with Crippen molar-refractivity contribution in [2.45, 2.75) is 13.0 Å². The molecule has 1 aromatic rings. The summed E-state index contributed by atoms with van der Waals surface area (Å²) in [5.41, 5.74) is 5.43. The molecule has 1 heterocycles. The molecule has 0 aliphatic heterocycles. The summed E-state index contributed by atoms with van der Waals surface area (Å²) in [7, 11) is 0. The number of nitrogens with two attached hydrogens (primary N) is 1. The van der Waals surface area contributed by atoms with Gasteiger partial charge >= 0.3 is 0 Å². The van der Waals surface area contributed by atoms with Crippen molar-refractivity contribution in [2.75, 3.05) is 25.5 Å². The zero-order valence-corrected chi connectivity index (χ0v) is 9.76. The number of amides is 1. The Labute approximate surface area is 100 Å². The van der Waals surface area contributed by atoms with Crippen LogP contribution in [-0.2, 0) is 16.1 Å². The summed E-state index contributed by atoms with van der Waals surface area (Å²) in [6, 6.07) is 1.64. The lowest BCUT2D eigenvalue weighted by Gasteiger charge is -2.05. The number of anilines is 1. The monoisotopic (exact) mass is 238 g/mol. The van der Waals surface area contributed by atoms with Crippen LogP contribution in [0.2, 0.25) is 0 Å². The van der Waals surface area contributed by atoms with E-state index in [4.69, 9.17) is 10.5 Å². The van der Waals surface area contributed by atoms with E-state index in [1.807, 2.05) is 0 Å². The number of hydrogen-bond donors (Lipinski definition) is 2. The van der Waals surface area contributed by atoms with Crippen LogP contribution in [0, 0.1) is 0 Å². The second-order valence-corrected chi connectivity index (χ2v) is 3.48. The number of carbonyl (C=O) groups is 1. The molecular weight excluding hydrogens is 220 g/mol. The quantitative estimate of drug-likeness (QED) is 0.500. The molecule has 0 saturated heterocycles. The Kier molecular flexibility index (Phi) is 5.81. The maximum Gasteiger partial charge on any atom is 0.241 e. The first kappa shape index (κ1) is 13.2. The van der Waals surface area contributed by atoms with Gasteiger partial charge in [0.2, 0.25) is 5.91 Å². The van der Waals surface area contributed by atoms with E-state index in [1.165, 1.54) is 4.68 Å². The lowest BCUT2D eigenvalue weighted by Crippen LogP contribution is -2.30. The Bertz CT molecular complexity index is 362. The maximum absolute atomic E-state index is 11.4. The summed E-state index contributed by atoms with van der Waals surface area (Å²) in [5, 5.41) is 6.64. The van der Waals surface area contributed by atoms with E-state index in [9.17, 15) is 4.79 Å². The molecule has 0 fully saturated rings. The summed E-state index contributed by atoms with van der Waals surface area (Å²) in [6.45, 7) is 5.38. The van der Waals surface area contributed by atoms with Crippen LogP contribution < -0.4 is 11.1 Å². The number of nitrogens with one attached hydrogen (secondary N) is 1. The van der Waals surface area contributed by atoms with Crippen LogP contribution in [-0.4, -0.2) is 35.4 Å². The minimum Gasteiger partial charge on any atom is -0.382 e. The summed E-state index contributed by atoms with van der Waals surface area (Å²) >= 11 is 0. The van der Waals surface area contributed by atoms with E-state index >= 15 is 0 Å². The average molecular weight is 238 g/mol. The fourth-order valence-corrected chi connectivity index (χ4v) is 1.20. The van der Waals surface area contributed by atoms with E-state index in [-0.39, 0.29) is 12.5 Å². The second-order valence-electron chi connectivity index (χ2n) is 3.48. The lowest BCUT2D eigenvalue weighted by atomic mass is 10.4. The first-order valence-electron chi connectivity index (χ1n) is 5.46. The van der Waals surface area contributed by atoms with Gasteiger partial charge in [-0.05, 0) is 12.5 Å². The van der Waals surface area contributed by atoms with Gasteiger partial charge < -0.3 is 15.8 Å². The number of aromatic nitrogens is 2. The zero-order valence-electron chi connectivity index (χ0n) is 9.76. The molecule has 3 N–H and O–H groups in total. The lowest BCUT2D eigenvalue weighted by molar-refractivity contribution is -0.122. The highest BCUT2D eigenvalue weighted by molar-refractivity contribution is 5.75. The fourth-order valence-electron chi connectivity index (χ4n) is 1.20. The van der Waals surface area contributed by atoms with Crippen LogP contribution in [0.25, 0.3) is 0 Å². The van der Waals surface area contributed by atoms with Crippen molar-refractivity contribution in [1.29, 1.82) is 0 Å². The minimum atomic E-state index is -0.111. The predicted octanol–water partition coefficient (Wildman–Crippen LogP) is 0.174. The first-order chi connectivity index (χ1) is 8.22. The molecule has 0 bridgehead atoms. The highest BCUT2D eigenvalue weighted by Crippen LogP contribution is 1.94. The fraction of sp³-hybridized carbons (Fsp3) is 0.455. The van der Waals surface area contributed by atoms with E-state index in [1.54, 1.807) is 18.3 Å². The Morgan fingerprint density at radius 3 is 3.12 bits per heavy atom. The SMILES string of the molecule is C=CCCOCCNC(=O)Cn1ccc(N)n1. The van der Waals surface area contributed by atoms with Crippen molar-refractivity contribution < 1.29 is 9.53 Å². The van der Waals surface area contributed by atoms with Gasteiger partial charge in [0, 0.05) is 12.7 Å². The smallest absolute Gasteiger partial charge is 0.241 e. The van der Waals surface area contributed by atoms with Crippen LogP contribution in [0.4, 0.5) is 5.82 Å². The van der Waals surface area contributed by atoms with Gasteiger partial charge in [0.05, 0.1) is 13.2 Å². The topological polar surface area (TPSA) is 82.2 Å². The number of hydrogen-bond acceptors (Lipinski definition) is 4. The van der Waals surface area contributed by atoms with Crippen molar-refractivity contribution >= 4 is 11.7 Å². The molecular formula is C11H18N4O2. The molecule has 0 aromatic carbocycles. The number of carbonyl (C=O) groups excluding carboxylic acids is 1. The summed E-state index contributed by atoms with van der Waals surface area (Å²) in [5.74, 6) is 0.297. The Balaban J connectivity index is 2.07. The van der Waals surface area contributed by atoms with Gasteiger partial charge in [-0.15, -0.1) is 6.58 Å². The number of rotatable bonds is 8. The summed E-state index contributed by atoms with van der Waals surface area (Å²) < 4.78 is 6.74. The molecule has 0 atom stereocenters. The van der Waals surface area contributed by atoms with E-state index in [0.29, 0.717) is 25.6 Å². The van der Waals surface area contributed by atoms with Gasteiger partial charge in [-0.25, -0.2) is 0 Å². The molecule has 6 nitrogen and oxygen atoms in total. The zero-order chi connectivity index (χ0) is 12.5. The second kappa shape index (κ2) is 7.45. The van der Waals surface area contributed by atoms with Crippen LogP contribution in [0.15, 0.2) is 24.9 Å². The Morgan fingerprint density at radius 1 is 1.65 bits per heavy atom. The number of ether oxygens (including phenoxy) is 1. The van der Waals surface area contributed by atoms with Crippen molar-refractivity contribution in [3.8, 4) is 0 Å². The first-order valence-corrected chi connectivity index (χ1v) is 5.46. The van der Waals surface area contributed by atoms with Crippen molar-refractivity contribution in [1.82, 2.24) is 15.1 Å². The van der Waals surface area contributed by atoms with E-state index < -0.39 is 0 Å².